The Labute approximate surface area is 83.9 Å². The first-order valence-corrected chi connectivity index (χ1v) is 4.77. The molecule has 0 aromatic carbocycles. The van der Waals surface area contributed by atoms with Crippen LogP contribution >= 0.6 is 0 Å². The molecule has 0 aliphatic carbocycles. The summed E-state index contributed by atoms with van der Waals surface area (Å²) in [5.41, 5.74) is 5.25. The highest BCUT2D eigenvalue weighted by Crippen LogP contribution is 2.26. The summed E-state index contributed by atoms with van der Waals surface area (Å²) in [5.74, 6) is 0.369. The molecule has 1 atom stereocenters. The number of hydrogen-bond donors (Lipinski definition) is 1. The lowest BCUT2D eigenvalue weighted by molar-refractivity contribution is 0.0831. The highest BCUT2D eigenvalue weighted by atomic mass is 16.5. The molecule has 0 aromatic rings. The lowest BCUT2D eigenvalue weighted by Crippen LogP contribution is -2.56. The number of aliphatic imine (C=N–C) groups is 1. The van der Waals surface area contributed by atoms with E-state index in [1.807, 2.05) is 13.8 Å². The number of nitrogens with zero attached hydrogens (tertiary/aromatic N) is 2. The number of likely N-dealkylation sites (N-methyl/N-ethyl adjacent to an activating group) is 1. The summed E-state index contributed by atoms with van der Waals surface area (Å²) >= 11 is 0. The van der Waals surface area contributed by atoms with Crippen molar-refractivity contribution in [1.29, 1.82) is 0 Å². The Hall–Kier alpha value is -1.10. The number of carbonyl (C=O) groups is 1. The third kappa shape index (κ3) is 1.37. The predicted octanol–water partition coefficient (Wildman–Crippen LogP) is 0.594. The molecule has 0 aromatic heterocycles. The van der Waals surface area contributed by atoms with Crippen LogP contribution in [0, 0.1) is 0 Å². The van der Waals surface area contributed by atoms with E-state index in [2.05, 4.69) is 4.99 Å². The molecule has 0 spiro atoms. The second-order valence-corrected chi connectivity index (χ2v) is 3.34. The maximum Gasteiger partial charge on any atom is 0.346 e. The number of rotatable bonds is 4. The number of methoxy groups -OCH3 is 1. The van der Waals surface area contributed by atoms with Gasteiger partial charge in [-0.2, -0.15) is 4.99 Å². The van der Waals surface area contributed by atoms with Crippen LogP contribution in [0.3, 0.4) is 0 Å². The second kappa shape index (κ2) is 3.96. The first kappa shape index (κ1) is 11.0. The summed E-state index contributed by atoms with van der Waals surface area (Å²) in [6.45, 7) is 4.88. The topological polar surface area (TPSA) is 67.9 Å². The van der Waals surface area contributed by atoms with Crippen molar-refractivity contribution in [3.05, 3.63) is 0 Å². The number of urea groups is 1. The van der Waals surface area contributed by atoms with E-state index in [0.717, 1.165) is 6.42 Å². The maximum absolute atomic E-state index is 11.5. The Morgan fingerprint density at radius 2 is 2.21 bits per heavy atom. The van der Waals surface area contributed by atoms with E-state index >= 15 is 0 Å². The van der Waals surface area contributed by atoms with E-state index in [0.29, 0.717) is 19.0 Å². The average Bonchev–Trinajstić information content (AvgIpc) is 2.39. The Kier molecular flexibility index (Phi) is 3.10. The standard InChI is InChI=1S/C9H17N3O2/c1-4-9(6-14-3)7(10)11-8(13)12(9)5-2/h4-6H2,1-3H3,(H2,10,11,13). The van der Waals surface area contributed by atoms with E-state index in [9.17, 15) is 4.79 Å². The van der Waals surface area contributed by atoms with Crippen LogP contribution in [0.1, 0.15) is 20.3 Å². The minimum Gasteiger partial charge on any atom is -0.385 e. The molecule has 14 heavy (non-hydrogen) atoms. The van der Waals surface area contributed by atoms with Gasteiger partial charge in [-0.25, -0.2) is 4.79 Å². The molecule has 5 heteroatoms. The smallest absolute Gasteiger partial charge is 0.346 e. The van der Waals surface area contributed by atoms with Crippen LogP contribution in [0.15, 0.2) is 4.99 Å². The molecular weight excluding hydrogens is 182 g/mol. The molecule has 80 valence electrons. The lowest BCUT2D eigenvalue weighted by atomic mass is 9.95. The van der Waals surface area contributed by atoms with E-state index < -0.39 is 5.54 Å². The Morgan fingerprint density at radius 3 is 2.64 bits per heavy atom. The number of nitrogens with two attached hydrogens (primary N) is 1. The van der Waals surface area contributed by atoms with Gasteiger partial charge in [0.25, 0.3) is 0 Å². The van der Waals surface area contributed by atoms with Gasteiger partial charge in [0.05, 0.1) is 6.61 Å². The fourth-order valence-corrected chi connectivity index (χ4v) is 1.89. The largest absolute Gasteiger partial charge is 0.385 e. The highest BCUT2D eigenvalue weighted by Gasteiger charge is 2.46. The van der Waals surface area contributed by atoms with Gasteiger partial charge >= 0.3 is 6.03 Å². The average molecular weight is 199 g/mol. The van der Waals surface area contributed by atoms with Crippen molar-refractivity contribution in [2.75, 3.05) is 20.3 Å². The SMILES string of the molecule is CCN1C(=O)N=C(N)C1(CC)COC. The summed E-state index contributed by atoms with van der Waals surface area (Å²) in [6.07, 6.45) is 0.718. The quantitative estimate of drug-likeness (QED) is 0.720. The minimum absolute atomic E-state index is 0.260. The zero-order valence-corrected chi connectivity index (χ0v) is 8.91. The molecular formula is C9H17N3O2. The van der Waals surface area contributed by atoms with Crippen LogP contribution in [0.2, 0.25) is 0 Å². The minimum atomic E-state index is -0.527. The normalized spacial score (nSPS) is 26.9. The van der Waals surface area contributed by atoms with Crippen molar-refractivity contribution < 1.29 is 9.53 Å². The molecule has 1 aliphatic heterocycles. The van der Waals surface area contributed by atoms with Crippen LogP contribution in [-0.4, -0.2) is 42.6 Å². The fourth-order valence-electron chi connectivity index (χ4n) is 1.89. The van der Waals surface area contributed by atoms with E-state index in [1.165, 1.54) is 0 Å². The lowest BCUT2D eigenvalue weighted by Gasteiger charge is -2.35. The summed E-state index contributed by atoms with van der Waals surface area (Å²) in [6, 6.07) is -0.260. The molecule has 1 heterocycles. The molecule has 2 N–H and O–H groups in total. The van der Waals surface area contributed by atoms with Gasteiger partial charge in [0.1, 0.15) is 11.4 Å². The molecule has 0 fully saturated rings. The number of amidine groups is 1. The van der Waals surface area contributed by atoms with Gasteiger partial charge in [-0.15, -0.1) is 0 Å². The van der Waals surface area contributed by atoms with Crippen molar-refractivity contribution in [3.63, 3.8) is 0 Å². The highest BCUT2D eigenvalue weighted by molar-refractivity contribution is 6.05. The van der Waals surface area contributed by atoms with Crippen LogP contribution < -0.4 is 5.73 Å². The van der Waals surface area contributed by atoms with Crippen molar-refractivity contribution in [3.8, 4) is 0 Å². The number of amides is 2. The van der Waals surface area contributed by atoms with Gasteiger partial charge in [0.2, 0.25) is 0 Å². The van der Waals surface area contributed by atoms with E-state index in [1.54, 1.807) is 12.0 Å². The Morgan fingerprint density at radius 1 is 1.57 bits per heavy atom. The van der Waals surface area contributed by atoms with Crippen molar-refractivity contribution in [2.45, 2.75) is 25.8 Å². The number of ether oxygens (including phenoxy) is 1. The zero-order valence-electron chi connectivity index (χ0n) is 8.91. The fraction of sp³-hybridized carbons (Fsp3) is 0.778. The van der Waals surface area contributed by atoms with Gasteiger partial charge in [-0.1, -0.05) is 6.92 Å². The predicted molar refractivity (Wildman–Crippen MR) is 54.3 cm³/mol. The van der Waals surface area contributed by atoms with E-state index in [4.69, 9.17) is 10.5 Å². The van der Waals surface area contributed by atoms with Crippen molar-refractivity contribution in [2.24, 2.45) is 10.7 Å². The monoisotopic (exact) mass is 199 g/mol. The third-order valence-corrected chi connectivity index (χ3v) is 2.72. The second-order valence-electron chi connectivity index (χ2n) is 3.34. The summed E-state index contributed by atoms with van der Waals surface area (Å²) in [4.78, 5) is 16.9. The number of carbonyl (C=O) groups excluding carboxylic acids is 1. The molecule has 2 amide bonds. The van der Waals surface area contributed by atoms with Crippen LogP contribution in [0.4, 0.5) is 4.79 Å². The van der Waals surface area contributed by atoms with Crippen molar-refractivity contribution >= 4 is 11.9 Å². The summed E-state index contributed by atoms with van der Waals surface area (Å²) < 4.78 is 5.12. The maximum atomic E-state index is 11.5. The van der Waals surface area contributed by atoms with E-state index in [-0.39, 0.29) is 6.03 Å². The molecule has 1 aliphatic rings. The van der Waals surface area contributed by atoms with Crippen LogP contribution in [-0.2, 0) is 4.74 Å². The van der Waals surface area contributed by atoms with Crippen molar-refractivity contribution in [1.82, 2.24) is 4.90 Å². The molecule has 1 rings (SSSR count). The van der Waals surface area contributed by atoms with Gasteiger partial charge in [0.15, 0.2) is 0 Å². The molecule has 0 saturated carbocycles. The molecule has 0 radical (unpaired) electrons. The first-order valence-electron chi connectivity index (χ1n) is 4.77. The molecule has 1 unspecified atom stereocenters. The number of hydrogen-bond acceptors (Lipinski definition) is 3. The van der Waals surface area contributed by atoms with Crippen LogP contribution in [0.25, 0.3) is 0 Å². The molecule has 0 bridgehead atoms. The van der Waals surface area contributed by atoms with Gasteiger partial charge in [0, 0.05) is 13.7 Å². The zero-order chi connectivity index (χ0) is 10.8. The van der Waals surface area contributed by atoms with Gasteiger partial charge < -0.3 is 15.4 Å². The Bertz CT molecular complexity index is 265. The summed E-state index contributed by atoms with van der Waals surface area (Å²) in [5, 5.41) is 0. The third-order valence-electron chi connectivity index (χ3n) is 2.72. The van der Waals surface area contributed by atoms with Gasteiger partial charge in [-0.3, -0.25) is 0 Å². The first-order chi connectivity index (χ1) is 6.62. The Balaban J connectivity index is 3.02. The summed E-state index contributed by atoms with van der Waals surface area (Å²) in [7, 11) is 1.60. The van der Waals surface area contributed by atoms with Crippen LogP contribution in [0.5, 0.6) is 0 Å². The molecule has 5 nitrogen and oxygen atoms in total. The molecule has 0 saturated heterocycles. The van der Waals surface area contributed by atoms with Gasteiger partial charge in [-0.05, 0) is 13.3 Å².